The van der Waals surface area contributed by atoms with E-state index in [-0.39, 0.29) is 5.54 Å². The number of fused-ring (bicyclic) bond motifs is 1. The second kappa shape index (κ2) is 5.21. The van der Waals surface area contributed by atoms with Crippen LogP contribution < -0.4 is 5.73 Å². The molecule has 3 rings (SSSR count). The standard InChI is InChI=1S/C19H25N/c1-14-7-6-12-19(20,15(14)2)13-17-10-5-9-16-8-3-4-11-18(16)17/h3-5,8-11,14-15H,6-7,12-13,20H2,1-2H3. The van der Waals surface area contributed by atoms with Crippen molar-refractivity contribution in [3.05, 3.63) is 48.0 Å². The fourth-order valence-corrected chi connectivity index (χ4v) is 3.85. The molecule has 2 aromatic rings. The highest BCUT2D eigenvalue weighted by molar-refractivity contribution is 5.85. The van der Waals surface area contributed by atoms with Crippen LogP contribution in [0.3, 0.4) is 0 Å². The summed E-state index contributed by atoms with van der Waals surface area (Å²) < 4.78 is 0. The van der Waals surface area contributed by atoms with Crippen molar-refractivity contribution in [2.45, 2.75) is 45.1 Å². The normalized spacial score (nSPS) is 30.6. The summed E-state index contributed by atoms with van der Waals surface area (Å²) in [6.45, 7) is 4.70. The van der Waals surface area contributed by atoms with E-state index in [0.29, 0.717) is 5.92 Å². The van der Waals surface area contributed by atoms with Gasteiger partial charge in [-0.1, -0.05) is 69.2 Å². The summed E-state index contributed by atoms with van der Waals surface area (Å²) in [5.41, 5.74) is 8.19. The third kappa shape index (κ3) is 2.35. The van der Waals surface area contributed by atoms with Crippen LogP contribution in [0.15, 0.2) is 42.5 Å². The van der Waals surface area contributed by atoms with Gasteiger partial charge in [0.2, 0.25) is 0 Å². The Balaban J connectivity index is 1.96. The molecule has 0 saturated heterocycles. The molecule has 0 aliphatic heterocycles. The third-order valence-electron chi connectivity index (χ3n) is 5.46. The Hall–Kier alpha value is -1.34. The zero-order valence-electron chi connectivity index (χ0n) is 12.6. The summed E-state index contributed by atoms with van der Waals surface area (Å²) in [4.78, 5) is 0. The Morgan fingerprint density at radius 3 is 2.70 bits per heavy atom. The molecule has 0 radical (unpaired) electrons. The van der Waals surface area contributed by atoms with Gasteiger partial charge in [-0.3, -0.25) is 0 Å². The minimum Gasteiger partial charge on any atom is -0.325 e. The first-order chi connectivity index (χ1) is 9.60. The summed E-state index contributed by atoms with van der Waals surface area (Å²) in [5, 5.41) is 2.69. The van der Waals surface area contributed by atoms with E-state index in [1.807, 2.05) is 0 Å². The van der Waals surface area contributed by atoms with E-state index in [1.165, 1.54) is 29.2 Å². The maximum absolute atomic E-state index is 6.82. The molecule has 3 atom stereocenters. The first-order valence-corrected chi connectivity index (χ1v) is 7.86. The van der Waals surface area contributed by atoms with E-state index in [1.54, 1.807) is 0 Å². The van der Waals surface area contributed by atoms with Gasteiger partial charge < -0.3 is 5.73 Å². The number of benzene rings is 2. The van der Waals surface area contributed by atoms with E-state index in [4.69, 9.17) is 5.73 Å². The Bertz CT molecular complexity index is 598. The van der Waals surface area contributed by atoms with Crippen molar-refractivity contribution in [2.24, 2.45) is 17.6 Å². The second-order valence-corrected chi connectivity index (χ2v) is 6.71. The molecule has 1 saturated carbocycles. The summed E-state index contributed by atoms with van der Waals surface area (Å²) in [5.74, 6) is 1.33. The van der Waals surface area contributed by atoms with Crippen LogP contribution >= 0.6 is 0 Å². The Morgan fingerprint density at radius 1 is 1.10 bits per heavy atom. The molecule has 0 spiro atoms. The lowest BCUT2D eigenvalue weighted by molar-refractivity contribution is 0.144. The van der Waals surface area contributed by atoms with Crippen molar-refractivity contribution < 1.29 is 0 Å². The molecule has 0 aromatic heterocycles. The molecule has 1 aliphatic rings. The maximum atomic E-state index is 6.82. The monoisotopic (exact) mass is 267 g/mol. The molecule has 3 unspecified atom stereocenters. The van der Waals surface area contributed by atoms with Crippen LogP contribution in [0.5, 0.6) is 0 Å². The summed E-state index contributed by atoms with van der Waals surface area (Å²) in [6.07, 6.45) is 4.75. The van der Waals surface area contributed by atoms with E-state index in [9.17, 15) is 0 Å². The molecule has 0 amide bonds. The molecule has 1 aliphatic carbocycles. The molecule has 1 nitrogen and oxygen atoms in total. The van der Waals surface area contributed by atoms with Gasteiger partial charge >= 0.3 is 0 Å². The van der Waals surface area contributed by atoms with Crippen LogP contribution in [-0.4, -0.2) is 5.54 Å². The predicted octanol–water partition coefficient (Wildman–Crippen LogP) is 4.54. The lowest BCUT2D eigenvalue weighted by Crippen LogP contribution is -2.52. The van der Waals surface area contributed by atoms with Gasteiger partial charge in [-0.15, -0.1) is 0 Å². The average Bonchev–Trinajstić information content (AvgIpc) is 2.45. The van der Waals surface area contributed by atoms with Crippen LogP contribution in [0.2, 0.25) is 0 Å². The number of hydrogen-bond donors (Lipinski definition) is 1. The Kier molecular flexibility index (Phi) is 3.55. The van der Waals surface area contributed by atoms with Gasteiger partial charge in [-0.05, 0) is 41.0 Å². The van der Waals surface area contributed by atoms with Crippen molar-refractivity contribution in [3.63, 3.8) is 0 Å². The highest BCUT2D eigenvalue weighted by atomic mass is 14.8. The summed E-state index contributed by atoms with van der Waals surface area (Å²) in [7, 11) is 0. The lowest BCUT2D eigenvalue weighted by Gasteiger charge is -2.43. The predicted molar refractivity (Wildman–Crippen MR) is 86.7 cm³/mol. The minimum absolute atomic E-state index is 0.0399. The topological polar surface area (TPSA) is 26.0 Å². The number of rotatable bonds is 2. The third-order valence-corrected chi connectivity index (χ3v) is 5.46. The molecular formula is C19H25N. The van der Waals surface area contributed by atoms with Gasteiger partial charge in [0.15, 0.2) is 0 Å². The fraction of sp³-hybridized carbons (Fsp3) is 0.474. The maximum Gasteiger partial charge on any atom is 0.0223 e. The van der Waals surface area contributed by atoms with Gasteiger partial charge in [0, 0.05) is 5.54 Å². The van der Waals surface area contributed by atoms with Crippen molar-refractivity contribution >= 4 is 10.8 Å². The van der Waals surface area contributed by atoms with Crippen LogP contribution in [-0.2, 0) is 6.42 Å². The highest BCUT2D eigenvalue weighted by Crippen LogP contribution is 2.38. The molecule has 1 heteroatoms. The molecule has 0 heterocycles. The molecule has 106 valence electrons. The van der Waals surface area contributed by atoms with Gasteiger partial charge in [0.1, 0.15) is 0 Å². The average molecular weight is 267 g/mol. The second-order valence-electron chi connectivity index (χ2n) is 6.71. The highest BCUT2D eigenvalue weighted by Gasteiger charge is 2.38. The molecule has 0 bridgehead atoms. The fourth-order valence-electron chi connectivity index (χ4n) is 3.85. The van der Waals surface area contributed by atoms with Gasteiger partial charge in [-0.25, -0.2) is 0 Å². The number of nitrogens with two attached hydrogens (primary N) is 1. The molecular weight excluding hydrogens is 242 g/mol. The van der Waals surface area contributed by atoms with E-state index < -0.39 is 0 Å². The van der Waals surface area contributed by atoms with Crippen molar-refractivity contribution in [1.29, 1.82) is 0 Å². The molecule has 1 fully saturated rings. The minimum atomic E-state index is -0.0399. The van der Waals surface area contributed by atoms with Crippen molar-refractivity contribution in [2.75, 3.05) is 0 Å². The SMILES string of the molecule is CC1CCCC(N)(Cc2cccc3ccccc23)C1C. The van der Waals surface area contributed by atoms with E-state index in [2.05, 4.69) is 56.3 Å². The zero-order chi connectivity index (χ0) is 14.2. The van der Waals surface area contributed by atoms with E-state index >= 15 is 0 Å². The van der Waals surface area contributed by atoms with Crippen molar-refractivity contribution in [3.8, 4) is 0 Å². The lowest BCUT2D eigenvalue weighted by atomic mass is 9.66. The Labute approximate surface area is 122 Å². The number of hydrogen-bond acceptors (Lipinski definition) is 1. The molecule has 2 aromatic carbocycles. The van der Waals surface area contributed by atoms with Gasteiger partial charge in [0.05, 0.1) is 0 Å². The van der Waals surface area contributed by atoms with Crippen LogP contribution in [0.25, 0.3) is 10.8 Å². The molecule has 20 heavy (non-hydrogen) atoms. The summed E-state index contributed by atoms with van der Waals surface area (Å²) >= 11 is 0. The van der Waals surface area contributed by atoms with E-state index in [0.717, 1.165) is 18.8 Å². The van der Waals surface area contributed by atoms with Gasteiger partial charge in [-0.2, -0.15) is 0 Å². The van der Waals surface area contributed by atoms with Crippen LogP contribution in [0.1, 0.15) is 38.7 Å². The molecule has 2 N–H and O–H groups in total. The summed E-state index contributed by atoms with van der Waals surface area (Å²) in [6, 6.07) is 15.3. The largest absolute Gasteiger partial charge is 0.325 e. The first kappa shape index (κ1) is 13.6. The van der Waals surface area contributed by atoms with Gasteiger partial charge in [0.25, 0.3) is 0 Å². The van der Waals surface area contributed by atoms with Crippen molar-refractivity contribution in [1.82, 2.24) is 0 Å². The van der Waals surface area contributed by atoms with Crippen LogP contribution in [0.4, 0.5) is 0 Å². The quantitative estimate of drug-likeness (QED) is 0.849. The zero-order valence-corrected chi connectivity index (χ0v) is 12.6. The van der Waals surface area contributed by atoms with Crippen LogP contribution in [0, 0.1) is 11.8 Å². The smallest absolute Gasteiger partial charge is 0.0223 e. The first-order valence-electron chi connectivity index (χ1n) is 7.86. The Morgan fingerprint density at radius 2 is 1.85 bits per heavy atom.